The number of imidazole rings is 1. The van der Waals surface area contributed by atoms with Crippen molar-refractivity contribution in [1.82, 2.24) is 14.9 Å². The molecule has 1 amide bonds. The van der Waals surface area contributed by atoms with E-state index in [0.717, 1.165) is 13.0 Å². The molecule has 0 spiro atoms. The summed E-state index contributed by atoms with van der Waals surface area (Å²) >= 11 is 0. The van der Waals surface area contributed by atoms with Crippen molar-refractivity contribution in [3.63, 3.8) is 0 Å². The molecule has 20 heavy (non-hydrogen) atoms. The van der Waals surface area contributed by atoms with Crippen molar-refractivity contribution in [2.24, 2.45) is 0 Å². The van der Waals surface area contributed by atoms with Gasteiger partial charge in [-0.2, -0.15) is 0 Å². The van der Waals surface area contributed by atoms with Crippen LogP contribution in [0.3, 0.4) is 0 Å². The lowest BCUT2D eigenvalue weighted by atomic mass is 10.2. The molecule has 0 fully saturated rings. The molecule has 104 valence electrons. The largest absolute Gasteiger partial charge is 0.352 e. The second-order valence-electron chi connectivity index (χ2n) is 4.33. The van der Waals surface area contributed by atoms with Crippen molar-refractivity contribution in [2.75, 3.05) is 6.54 Å². The Labute approximate surface area is 117 Å². The Morgan fingerprint density at radius 3 is 3.10 bits per heavy atom. The Bertz CT molecular complexity index is 579. The molecule has 0 radical (unpaired) electrons. The van der Waals surface area contributed by atoms with Crippen molar-refractivity contribution in [3.8, 4) is 0 Å². The van der Waals surface area contributed by atoms with E-state index in [4.69, 9.17) is 0 Å². The van der Waals surface area contributed by atoms with Gasteiger partial charge in [0.1, 0.15) is 5.82 Å². The molecule has 0 unspecified atom stereocenters. The van der Waals surface area contributed by atoms with Crippen LogP contribution in [0.5, 0.6) is 0 Å². The van der Waals surface area contributed by atoms with Gasteiger partial charge in [-0.15, -0.1) is 0 Å². The van der Waals surface area contributed by atoms with Crippen LogP contribution in [0.25, 0.3) is 6.08 Å². The van der Waals surface area contributed by atoms with Crippen molar-refractivity contribution >= 4 is 12.0 Å². The summed E-state index contributed by atoms with van der Waals surface area (Å²) in [7, 11) is 0. The van der Waals surface area contributed by atoms with E-state index in [1.165, 1.54) is 18.2 Å². The Hall–Kier alpha value is -2.43. The average Bonchev–Trinajstić information content (AvgIpc) is 2.95. The fraction of sp³-hybridized carbons (Fsp3) is 0.200. The second kappa shape index (κ2) is 7.23. The number of rotatable bonds is 6. The smallest absolute Gasteiger partial charge is 0.244 e. The number of hydrogen-bond acceptors (Lipinski definition) is 2. The molecule has 0 bridgehead atoms. The van der Waals surface area contributed by atoms with E-state index in [1.54, 1.807) is 30.7 Å². The Morgan fingerprint density at radius 1 is 1.45 bits per heavy atom. The molecule has 1 N–H and O–H groups in total. The van der Waals surface area contributed by atoms with Crippen LogP contribution in [0.15, 0.2) is 49.1 Å². The van der Waals surface area contributed by atoms with E-state index in [-0.39, 0.29) is 11.7 Å². The van der Waals surface area contributed by atoms with E-state index in [9.17, 15) is 9.18 Å². The summed E-state index contributed by atoms with van der Waals surface area (Å²) in [5.41, 5.74) is 0.665. The highest BCUT2D eigenvalue weighted by Crippen LogP contribution is 2.04. The zero-order chi connectivity index (χ0) is 14.2. The van der Waals surface area contributed by atoms with Gasteiger partial charge in [-0.3, -0.25) is 4.79 Å². The van der Waals surface area contributed by atoms with Gasteiger partial charge in [0.2, 0.25) is 5.91 Å². The fourth-order valence-corrected chi connectivity index (χ4v) is 1.73. The summed E-state index contributed by atoms with van der Waals surface area (Å²) in [6, 6.07) is 6.10. The van der Waals surface area contributed by atoms with Crippen molar-refractivity contribution in [3.05, 3.63) is 60.4 Å². The molecule has 0 saturated heterocycles. The number of aromatic nitrogens is 2. The second-order valence-corrected chi connectivity index (χ2v) is 4.33. The molecule has 2 rings (SSSR count). The van der Waals surface area contributed by atoms with Crippen LogP contribution >= 0.6 is 0 Å². The van der Waals surface area contributed by atoms with E-state index in [0.29, 0.717) is 12.1 Å². The molecule has 0 aliphatic rings. The maximum absolute atomic E-state index is 12.9. The van der Waals surface area contributed by atoms with Gasteiger partial charge in [-0.1, -0.05) is 12.1 Å². The summed E-state index contributed by atoms with van der Waals surface area (Å²) in [4.78, 5) is 15.5. The zero-order valence-corrected chi connectivity index (χ0v) is 11.0. The predicted molar refractivity (Wildman–Crippen MR) is 75.3 cm³/mol. The van der Waals surface area contributed by atoms with E-state index in [1.807, 2.05) is 10.8 Å². The summed E-state index contributed by atoms with van der Waals surface area (Å²) in [5, 5.41) is 2.78. The molecule has 0 aliphatic heterocycles. The van der Waals surface area contributed by atoms with Crippen molar-refractivity contribution in [2.45, 2.75) is 13.0 Å². The van der Waals surface area contributed by atoms with Gasteiger partial charge in [0, 0.05) is 31.6 Å². The lowest BCUT2D eigenvalue weighted by Crippen LogP contribution is -2.22. The number of amides is 1. The fourth-order valence-electron chi connectivity index (χ4n) is 1.73. The minimum absolute atomic E-state index is 0.181. The summed E-state index contributed by atoms with van der Waals surface area (Å²) in [6.45, 7) is 1.40. The van der Waals surface area contributed by atoms with Gasteiger partial charge in [-0.25, -0.2) is 9.37 Å². The highest BCUT2D eigenvalue weighted by Gasteiger charge is 1.96. The lowest BCUT2D eigenvalue weighted by Gasteiger charge is -2.03. The molecule has 0 atom stereocenters. The van der Waals surface area contributed by atoms with Crippen molar-refractivity contribution < 1.29 is 9.18 Å². The number of carbonyl (C=O) groups is 1. The third-order valence-corrected chi connectivity index (χ3v) is 2.73. The van der Waals surface area contributed by atoms with Gasteiger partial charge in [0.25, 0.3) is 0 Å². The summed E-state index contributed by atoms with van der Waals surface area (Å²) in [5.74, 6) is -0.493. The first-order valence-electron chi connectivity index (χ1n) is 6.41. The van der Waals surface area contributed by atoms with Gasteiger partial charge in [0.05, 0.1) is 6.33 Å². The molecular weight excluding hydrogens is 257 g/mol. The van der Waals surface area contributed by atoms with Crippen LogP contribution in [-0.2, 0) is 11.3 Å². The van der Waals surface area contributed by atoms with Crippen LogP contribution in [0.2, 0.25) is 0 Å². The summed E-state index contributed by atoms with van der Waals surface area (Å²) in [6.07, 6.45) is 9.17. The van der Waals surface area contributed by atoms with Gasteiger partial charge in [0.15, 0.2) is 0 Å². The van der Waals surface area contributed by atoms with Crippen LogP contribution in [0.4, 0.5) is 4.39 Å². The van der Waals surface area contributed by atoms with E-state index in [2.05, 4.69) is 10.3 Å². The van der Waals surface area contributed by atoms with E-state index < -0.39 is 0 Å². The third kappa shape index (κ3) is 4.68. The molecular formula is C15H16FN3O. The number of carbonyl (C=O) groups excluding carboxylic acids is 1. The minimum atomic E-state index is -0.312. The number of aryl methyl sites for hydroxylation is 1. The third-order valence-electron chi connectivity index (χ3n) is 2.73. The van der Waals surface area contributed by atoms with Crippen LogP contribution in [0, 0.1) is 5.82 Å². The molecule has 0 saturated carbocycles. The number of halogens is 1. The molecule has 4 nitrogen and oxygen atoms in total. The number of hydrogen-bond donors (Lipinski definition) is 1. The lowest BCUT2D eigenvalue weighted by molar-refractivity contribution is -0.116. The molecule has 1 aromatic carbocycles. The normalized spacial score (nSPS) is 10.8. The Kier molecular flexibility index (Phi) is 5.06. The SMILES string of the molecule is O=C(/C=C/c1cccc(F)c1)NCCCn1ccnc1. The van der Waals surface area contributed by atoms with Crippen molar-refractivity contribution in [1.29, 1.82) is 0 Å². The zero-order valence-electron chi connectivity index (χ0n) is 11.0. The predicted octanol–water partition coefficient (Wildman–Crippen LogP) is 2.24. The molecule has 1 aromatic heterocycles. The minimum Gasteiger partial charge on any atom is -0.352 e. The molecule has 0 aliphatic carbocycles. The summed E-state index contributed by atoms with van der Waals surface area (Å²) < 4.78 is 14.9. The van der Waals surface area contributed by atoms with E-state index >= 15 is 0 Å². The number of benzene rings is 1. The first-order chi connectivity index (χ1) is 9.74. The topological polar surface area (TPSA) is 46.9 Å². The Balaban J connectivity index is 1.70. The van der Waals surface area contributed by atoms with Gasteiger partial charge in [-0.05, 0) is 30.2 Å². The quantitative estimate of drug-likeness (QED) is 0.648. The monoisotopic (exact) mass is 273 g/mol. The molecule has 2 aromatic rings. The number of nitrogens with zero attached hydrogens (tertiary/aromatic N) is 2. The molecule has 5 heteroatoms. The highest BCUT2D eigenvalue weighted by atomic mass is 19.1. The maximum Gasteiger partial charge on any atom is 0.244 e. The molecule has 1 heterocycles. The maximum atomic E-state index is 12.9. The highest BCUT2D eigenvalue weighted by molar-refractivity contribution is 5.91. The Morgan fingerprint density at radius 2 is 2.35 bits per heavy atom. The standard InChI is InChI=1S/C15H16FN3O/c16-14-4-1-3-13(11-14)5-6-15(20)18-7-2-9-19-10-8-17-12-19/h1,3-6,8,10-12H,2,7,9H2,(H,18,20)/b6-5+. The van der Waals surface area contributed by atoms with Crippen LogP contribution in [0.1, 0.15) is 12.0 Å². The van der Waals surface area contributed by atoms with Gasteiger partial charge >= 0.3 is 0 Å². The van der Waals surface area contributed by atoms with Gasteiger partial charge < -0.3 is 9.88 Å². The number of nitrogens with one attached hydrogen (secondary N) is 1. The van der Waals surface area contributed by atoms with Crippen LogP contribution in [-0.4, -0.2) is 22.0 Å². The van der Waals surface area contributed by atoms with Crippen LogP contribution < -0.4 is 5.32 Å². The first kappa shape index (κ1) is 14.0. The first-order valence-corrected chi connectivity index (χ1v) is 6.41. The average molecular weight is 273 g/mol.